The van der Waals surface area contributed by atoms with Crippen molar-refractivity contribution in [1.82, 2.24) is 0 Å². The summed E-state index contributed by atoms with van der Waals surface area (Å²) in [5.74, 6) is 0.300. The summed E-state index contributed by atoms with van der Waals surface area (Å²) in [4.78, 5) is 0. The normalized spacial score (nSPS) is 20.1. The van der Waals surface area contributed by atoms with Crippen molar-refractivity contribution in [2.24, 2.45) is 5.73 Å². The first-order valence-electron chi connectivity index (χ1n) is 4.20. The Balaban J connectivity index is 2.63. The Bertz CT molecular complexity index is 382. The SMILES string of the molecule is NC1CCOc2c1cc(Cl)c(O)c2Cl. The molecule has 0 amide bonds. The van der Waals surface area contributed by atoms with Crippen LogP contribution in [-0.2, 0) is 0 Å². The van der Waals surface area contributed by atoms with Crippen molar-refractivity contribution in [2.75, 3.05) is 6.61 Å². The molecule has 0 fully saturated rings. The molecule has 1 aliphatic rings. The Morgan fingerprint density at radius 3 is 2.93 bits per heavy atom. The van der Waals surface area contributed by atoms with E-state index >= 15 is 0 Å². The summed E-state index contributed by atoms with van der Waals surface area (Å²) in [5, 5.41) is 9.81. The molecule has 3 nitrogen and oxygen atoms in total. The number of nitrogens with two attached hydrogens (primary N) is 1. The van der Waals surface area contributed by atoms with Gasteiger partial charge >= 0.3 is 0 Å². The first-order valence-corrected chi connectivity index (χ1v) is 4.96. The number of aromatic hydroxyl groups is 1. The van der Waals surface area contributed by atoms with Gasteiger partial charge in [-0.05, 0) is 6.07 Å². The molecule has 1 atom stereocenters. The van der Waals surface area contributed by atoms with Gasteiger partial charge in [-0.15, -0.1) is 0 Å². The highest BCUT2D eigenvalue weighted by Crippen LogP contribution is 2.45. The topological polar surface area (TPSA) is 55.5 Å². The summed E-state index contributed by atoms with van der Waals surface area (Å²) in [6.45, 7) is 0.509. The number of phenols is 1. The van der Waals surface area contributed by atoms with Gasteiger partial charge in [-0.25, -0.2) is 0 Å². The van der Waals surface area contributed by atoms with E-state index in [-0.39, 0.29) is 21.8 Å². The molecular formula is C9H9Cl2NO2. The van der Waals surface area contributed by atoms with E-state index in [1.165, 1.54) is 0 Å². The van der Waals surface area contributed by atoms with Gasteiger partial charge in [0.05, 0.1) is 11.6 Å². The quantitative estimate of drug-likeness (QED) is 0.724. The second kappa shape index (κ2) is 3.50. The second-order valence-electron chi connectivity index (χ2n) is 3.18. The van der Waals surface area contributed by atoms with Crippen LogP contribution in [0.1, 0.15) is 18.0 Å². The molecule has 2 rings (SSSR count). The monoisotopic (exact) mass is 233 g/mol. The summed E-state index contributed by atoms with van der Waals surface area (Å²) in [6, 6.07) is 1.47. The minimum Gasteiger partial charge on any atom is -0.505 e. The van der Waals surface area contributed by atoms with Crippen LogP contribution in [-0.4, -0.2) is 11.7 Å². The van der Waals surface area contributed by atoms with E-state index in [4.69, 9.17) is 33.7 Å². The van der Waals surface area contributed by atoms with E-state index < -0.39 is 0 Å². The lowest BCUT2D eigenvalue weighted by atomic mass is 10.0. The Morgan fingerprint density at radius 2 is 2.21 bits per heavy atom. The molecule has 0 saturated carbocycles. The lowest BCUT2D eigenvalue weighted by molar-refractivity contribution is 0.268. The zero-order valence-corrected chi connectivity index (χ0v) is 8.77. The summed E-state index contributed by atoms with van der Waals surface area (Å²) >= 11 is 11.6. The Labute approximate surface area is 91.4 Å². The third kappa shape index (κ3) is 1.41. The maximum Gasteiger partial charge on any atom is 0.156 e. The Morgan fingerprint density at radius 1 is 1.50 bits per heavy atom. The summed E-state index contributed by atoms with van der Waals surface area (Å²) < 4.78 is 5.33. The number of benzene rings is 1. The van der Waals surface area contributed by atoms with E-state index in [0.29, 0.717) is 12.4 Å². The largest absolute Gasteiger partial charge is 0.505 e. The van der Waals surface area contributed by atoms with Crippen LogP contribution in [0.3, 0.4) is 0 Å². The van der Waals surface area contributed by atoms with Crippen LogP contribution in [0.25, 0.3) is 0 Å². The molecule has 1 aromatic rings. The fraction of sp³-hybridized carbons (Fsp3) is 0.333. The van der Waals surface area contributed by atoms with Gasteiger partial charge in [-0.3, -0.25) is 0 Å². The zero-order chi connectivity index (χ0) is 10.3. The van der Waals surface area contributed by atoms with Gasteiger partial charge in [0, 0.05) is 18.0 Å². The average molecular weight is 234 g/mol. The van der Waals surface area contributed by atoms with Crippen molar-refractivity contribution in [3.05, 3.63) is 21.7 Å². The predicted molar refractivity (Wildman–Crippen MR) is 55.2 cm³/mol. The highest BCUT2D eigenvalue weighted by Gasteiger charge is 2.24. The number of phenolic OH excluding ortho intramolecular Hbond substituents is 1. The number of hydrogen-bond acceptors (Lipinski definition) is 3. The Kier molecular flexibility index (Phi) is 2.47. The molecule has 0 aliphatic carbocycles. The number of ether oxygens (including phenoxy) is 1. The average Bonchev–Trinajstić information content (AvgIpc) is 2.17. The molecule has 5 heteroatoms. The highest BCUT2D eigenvalue weighted by atomic mass is 35.5. The number of hydrogen-bond donors (Lipinski definition) is 2. The van der Waals surface area contributed by atoms with E-state index in [0.717, 1.165) is 12.0 Å². The molecule has 76 valence electrons. The van der Waals surface area contributed by atoms with E-state index in [2.05, 4.69) is 0 Å². The van der Waals surface area contributed by atoms with Gasteiger partial charge < -0.3 is 15.6 Å². The molecule has 3 N–H and O–H groups in total. The number of fused-ring (bicyclic) bond motifs is 1. The maximum absolute atomic E-state index is 9.46. The minimum atomic E-state index is -0.152. The molecule has 0 spiro atoms. The molecular weight excluding hydrogens is 225 g/mol. The van der Waals surface area contributed by atoms with Gasteiger partial charge in [0.1, 0.15) is 10.8 Å². The summed E-state index contributed by atoms with van der Waals surface area (Å²) in [7, 11) is 0. The van der Waals surface area contributed by atoms with Crippen molar-refractivity contribution in [3.63, 3.8) is 0 Å². The van der Waals surface area contributed by atoms with Crippen molar-refractivity contribution in [3.8, 4) is 11.5 Å². The molecule has 1 heterocycles. The lowest BCUT2D eigenvalue weighted by Gasteiger charge is -2.24. The van der Waals surface area contributed by atoms with Crippen LogP contribution in [0, 0.1) is 0 Å². The van der Waals surface area contributed by atoms with E-state index in [1.807, 2.05) is 0 Å². The lowest BCUT2D eigenvalue weighted by Crippen LogP contribution is -2.20. The van der Waals surface area contributed by atoms with E-state index in [9.17, 15) is 5.11 Å². The standard InChI is InChI=1S/C9H9Cl2NO2/c10-5-3-4-6(12)1-2-14-9(4)7(11)8(5)13/h3,6,13H,1-2,12H2. The molecule has 0 aromatic heterocycles. The number of rotatable bonds is 0. The van der Waals surface area contributed by atoms with Crippen LogP contribution < -0.4 is 10.5 Å². The van der Waals surface area contributed by atoms with Gasteiger partial charge in [-0.2, -0.15) is 0 Å². The third-order valence-electron chi connectivity index (χ3n) is 2.25. The molecule has 1 aliphatic heterocycles. The van der Waals surface area contributed by atoms with Gasteiger partial charge in [-0.1, -0.05) is 23.2 Å². The van der Waals surface area contributed by atoms with Crippen LogP contribution in [0.15, 0.2) is 6.07 Å². The van der Waals surface area contributed by atoms with E-state index in [1.54, 1.807) is 6.07 Å². The predicted octanol–water partition coefficient (Wildman–Crippen LogP) is 2.48. The summed E-state index contributed by atoms with van der Waals surface area (Å²) in [6.07, 6.45) is 0.727. The molecule has 0 radical (unpaired) electrons. The van der Waals surface area contributed by atoms with Crippen LogP contribution in [0.5, 0.6) is 11.5 Å². The summed E-state index contributed by atoms with van der Waals surface area (Å²) in [5.41, 5.74) is 6.61. The van der Waals surface area contributed by atoms with Crippen LogP contribution >= 0.6 is 23.2 Å². The highest BCUT2D eigenvalue weighted by molar-refractivity contribution is 6.38. The van der Waals surface area contributed by atoms with Crippen LogP contribution in [0.2, 0.25) is 10.0 Å². The Hall–Kier alpha value is -0.640. The third-order valence-corrected chi connectivity index (χ3v) is 2.89. The fourth-order valence-electron chi connectivity index (χ4n) is 1.48. The second-order valence-corrected chi connectivity index (χ2v) is 3.97. The molecule has 0 bridgehead atoms. The van der Waals surface area contributed by atoms with Crippen molar-refractivity contribution in [2.45, 2.75) is 12.5 Å². The fourth-order valence-corrected chi connectivity index (χ4v) is 2.00. The van der Waals surface area contributed by atoms with Gasteiger partial charge in [0.2, 0.25) is 0 Å². The first kappa shape index (κ1) is 9.90. The maximum atomic E-state index is 9.46. The van der Waals surface area contributed by atoms with Crippen molar-refractivity contribution < 1.29 is 9.84 Å². The number of halogens is 2. The minimum absolute atomic E-state index is 0.130. The first-order chi connectivity index (χ1) is 6.61. The van der Waals surface area contributed by atoms with Gasteiger partial charge in [0.15, 0.2) is 5.75 Å². The smallest absolute Gasteiger partial charge is 0.156 e. The molecule has 14 heavy (non-hydrogen) atoms. The van der Waals surface area contributed by atoms with Crippen molar-refractivity contribution >= 4 is 23.2 Å². The van der Waals surface area contributed by atoms with Crippen molar-refractivity contribution in [1.29, 1.82) is 0 Å². The zero-order valence-electron chi connectivity index (χ0n) is 7.26. The molecule has 0 saturated heterocycles. The van der Waals surface area contributed by atoms with Gasteiger partial charge in [0.25, 0.3) is 0 Å². The van der Waals surface area contributed by atoms with Crippen LogP contribution in [0.4, 0.5) is 0 Å². The molecule has 1 aromatic carbocycles. The molecule has 1 unspecified atom stereocenters.